The molecule has 39 heavy (non-hydrogen) atoms. The lowest BCUT2D eigenvalue weighted by atomic mass is 10.1. The van der Waals surface area contributed by atoms with Crippen molar-refractivity contribution in [1.82, 2.24) is 24.9 Å². The van der Waals surface area contributed by atoms with Crippen LogP contribution < -0.4 is 10.2 Å². The number of aromatic nitrogens is 4. The molecule has 198 valence electrons. The van der Waals surface area contributed by atoms with Gasteiger partial charge in [-0.1, -0.05) is 18.2 Å². The van der Waals surface area contributed by atoms with Crippen LogP contribution in [-0.4, -0.2) is 62.4 Å². The van der Waals surface area contributed by atoms with Gasteiger partial charge in [-0.15, -0.1) is 0 Å². The van der Waals surface area contributed by atoms with E-state index in [1.54, 1.807) is 36.4 Å². The maximum absolute atomic E-state index is 13.2. The fourth-order valence-electron chi connectivity index (χ4n) is 4.71. The van der Waals surface area contributed by atoms with Crippen molar-refractivity contribution >= 4 is 32.9 Å². The summed E-state index contributed by atoms with van der Waals surface area (Å²) in [5, 5.41) is 24.7. The summed E-state index contributed by atoms with van der Waals surface area (Å²) in [4.78, 5) is 12.5. The molecule has 1 aliphatic rings. The third kappa shape index (κ3) is 5.37. The highest BCUT2D eigenvalue weighted by atomic mass is 32.2. The van der Waals surface area contributed by atoms with Crippen LogP contribution in [0.5, 0.6) is 0 Å². The van der Waals surface area contributed by atoms with Crippen LogP contribution in [0.3, 0.4) is 0 Å². The van der Waals surface area contributed by atoms with E-state index in [1.165, 1.54) is 12.4 Å². The van der Waals surface area contributed by atoms with E-state index in [0.717, 1.165) is 42.2 Å². The minimum atomic E-state index is -2.43. The van der Waals surface area contributed by atoms with Crippen molar-refractivity contribution in [3.05, 3.63) is 78.5 Å². The second kappa shape index (κ2) is 11.0. The minimum Gasteiger partial charge on any atom is -0.393 e. The van der Waals surface area contributed by atoms with Crippen molar-refractivity contribution in [2.45, 2.75) is 23.8 Å². The summed E-state index contributed by atoms with van der Waals surface area (Å²) in [5.74, 6) is 0.842. The van der Waals surface area contributed by atoms with E-state index in [2.05, 4.69) is 21.4 Å². The molecule has 0 amide bonds. The Bertz CT molecular complexity index is 1690. The first-order valence-electron chi connectivity index (χ1n) is 12.6. The Morgan fingerprint density at radius 1 is 1.21 bits per heavy atom. The fourth-order valence-corrected chi connectivity index (χ4v) is 6.28. The molecule has 5 rings (SSSR count). The number of nitrogens with one attached hydrogen (secondary N) is 2. The largest absolute Gasteiger partial charge is 0.393 e. The molecule has 0 aliphatic carbocycles. The second-order valence-electron chi connectivity index (χ2n) is 9.31. The SMILES string of the molecule is CN/C=C(\C=N)c1cn2ncc(C#N)c2c(-c2ccc(N3CCC(N=S(C)(=O)c4ccccc4)CC3)nc2)n1. The maximum Gasteiger partial charge on any atom is 0.128 e. The molecule has 11 heteroatoms. The third-order valence-corrected chi connectivity index (χ3v) is 8.56. The van der Waals surface area contributed by atoms with Gasteiger partial charge in [-0.2, -0.15) is 10.4 Å². The van der Waals surface area contributed by atoms with Gasteiger partial charge in [-0.25, -0.2) is 23.1 Å². The van der Waals surface area contributed by atoms with Crippen LogP contribution >= 0.6 is 0 Å². The van der Waals surface area contributed by atoms with Crippen LogP contribution in [0.2, 0.25) is 0 Å². The van der Waals surface area contributed by atoms with Gasteiger partial charge in [0.05, 0.1) is 39.6 Å². The zero-order valence-electron chi connectivity index (χ0n) is 21.8. The topological polar surface area (TPSA) is 135 Å². The molecular weight excluding hydrogens is 510 g/mol. The molecule has 4 aromatic rings. The van der Waals surface area contributed by atoms with E-state index in [1.807, 2.05) is 42.5 Å². The Morgan fingerprint density at radius 3 is 2.62 bits per heavy atom. The first-order valence-corrected chi connectivity index (χ1v) is 14.5. The Kier molecular flexibility index (Phi) is 7.38. The van der Waals surface area contributed by atoms with Gasteiger partial charge < -0.3 is 15.6 Å². The summed E-state index contributed by atoms with van der Waals surface area (Å²) < 4.78 is 19.5. The molecule has 10 nitrogen and oxygen atoms in total. The molecule has 1 aromatic carbocycles. The molecule has 0 spiro atoms. The summed E-state index contributed by atoms with van der Waals surface area (Å²) in [6, 6.07) is 15.6. The van der Waals surface area contributed by atoms with Crippen LogP contribution in [0.1, 0.15) is 24.1 Å². The summed E-state index contributed by atoms with van der Waals surface area (Å²) in [6.45, 7) is 1.53. The highest BCUT2D eigenvalue weighted by molar-refractivity contribution is 7.93. The molecular formula is C28H29N9OS. The highest BCUT2D eigenvalue weighted by Gasteiger charge is 2.22. The Labute approximate surface area is 227 Å². The lowest BCUT2D eigenvalue weighted by Crippen LogP contribution is -2.36. The monoisotopic (exact) mass is 539 g/mol. The van der Waals surface area contributed by atoms with E-state index < -0.39 is 9.73 Å². The maximum atomic E-state index is 13.2. The lowest BCUT2D eigenvalue weighted by molar-refractivity contribution is 0.502. The predicted octanol–water partition coefficient (Wildman–Crippen LogP) is 4.00. The molecule has 1 saturated heterocycles. The van der Waals surface area contributed by atoms with Gasteiger partial charge in [0.2, 0.25) is 0 Å². The number of fused-ring (bicyclic) bond motifs is 1. The van der Waals surface area contributed by atoms with Gasteiger partial charge in [0.25, 0.3) is 0 Å². The van der Waals surface area contributed by atoms with Crippen molar-refractivity contribution in [3.63, 3.8) is 0 Å². The number of piperidine rings is 1. The standard InChI is InChI=1S/C28H29N9OS/c1-31-16-21(14-29)25-19-37-28(22(15-30)18-33-37)27(34-25)20-8-9-26(32-17-20)36-12-10-23(11-13-36)35-39(2,38)24-6-4-3-5-7-24/h3-9,14,16-19,23,29,31H,10-13H2,1-2H3/b21-16+,29-14?. The number of pyridine rings is 1. The van der Waals surface area contributed by atoms with Crippen molar-refractivity contribution in [2.75, 3.05) is 31.3 Å². The number of rotatable bonds is 7. The molecule has 3 aromatic heterocycles. The molecule has 2 N–H and O–H groups in total. The average molecular weight is 540 g/mol. The molecule has 1 aliphatic heterocycles. The summed E-state index contributed by atoms with van der Waals surface area (Å²) >= 11 is 0. The number of allylic oxidation sites excluding steroid dienone is 1. The van der Waals surface area contributed by atoms with Crippen molar-refractivity contribution < 1.29 is 4.21 Å². The predicted molar refractivity (Wildman–Crippen MR) is 153 cm³/mol. The number of nitriles is 1. The average Bonchev–Trinajstić information content (AvgIpc) is 3.39. The van der Waals surface area contributed by atoms with Gasteiger partial charge in [0, 0.05) is 61.0 Å². The van der Waals surface area contributed by atoms with Gasteiger partial charge in [0.15, 0.2) is 0 Å². The minimum absolute atomic E-state index is 0.0402. The van der Waals surface area contributed by atoms with Gasteiger partial charge in [0.1, 0.15) is 23.0 Å². The van der Waals surface area contributed by atoms with E-state index in [-0.39, 0.29) is 6.04 Å². The number of anilines is 1. The van der Waals surface area contributed by atoms with Crippen LogP contribution in [0.4, 0.5) is 5.82 Å². The number of nitrogens with zero attached hydrogens (tertiary/aromatic N) is 7. The number of benzene rings is 1. The molecule has 4 heterocycles. The van der Waals surface area contributed by atoms with Crippen LogP contribution in [0.25, 0.3) is 22.3 Å². The molecule has 1 fully saturated rings. The molecule has 1 atom stereocenters. The lowest BCUT2D eigenvalue weighted by Gasteiger charge is -2.31. The smallest absolute Gasteiger partial charge is 0.128 e. The Morgan fingerprint density at radius 2 is 1.97 bits per heavy atom. The molecule has 0 bridgehead atoms. The summed E-state index contributed by atoms with van der Waals surface area (Å²) in [5.41, 5.74) is 3.45. The molecule has 0 saturated carbocycles. The van der Waals surface area contributed by atoms with Crippen molar-refractivity contribution in [3.8, 4) is 17.3 Å². The quantitative estimate of drug-likeness (QED) is 0.339. The highest BCUT2D eigenvalue weighted by Crippen LogP contribution is 2.29. The van der Waals surface area contributed by atoms with Gasteiger partial charge >= 0.3 is 0 Å². The van der Waals surface area contributed by atoms with Crippen LogP contribution in [0, 0.1) is 16.7 Å². The molecule has 0 radical (unpaired) electrons. The zero-order valence-corrected chi connectivity index (χ0v) is 22.6. The first-order chi connectivity index (χ1) is 18.9. The Balaban J connectivity index is 1.39. The fraction of sp³-hybridized carbons (Fsp3) is 0.250. The van der Waals surface area contributed by atoms with Crippen molar-refractivity contribution in [1.29, 1.82) is 10.7 Å². The Hall–Kier alpha value is -4.56. The normalized spacial score (nSPS) is 15.9. The number of hydrogen-bond acceptors (Lipinski definition) is 9. The van der Waals surface area contributed by atoms with Crippen LogP contribution in [0.15, 0.2) is 76.5 Å². The zero-order chi connectivity index (χ0) is 27.4. The molecule has 1 unspecified atom stereocenters. The number of hydrogen-bond donors (Lipinski definition) is 2. The third-order valence-electron chi connectivity index (χ3n) is 6.71. The van der Waals surface area contributed by atoms with E-state index in [9.17, 15) is 9.47 Å². The van der Waals surface area contributed by atoms with E-state index in [4.69, 9.17) is 19.7 Å². The van der Waals surface area contributed by atoms with Gasteiger partial charge in [-0.3, -0.25) is 0 Å². The van der Waals surface area contributed by atoms with Gasteiger partial charge in [-0.05, 0) is 37.1 Å². The summed E-state index contributed by atoms with van der Waals surface area (Å²) in [6.07, 6.45) is 11.2. The van der Waals surface area contributed by atoms with Crippen molar-refractivity contribution in [2.24, 2.45) is 4.36 Å². The van der Waals surface area contributed by atoms with E-state index >= 15 is 0 Å². The summed E-state index contributed by atoms with van der Waals surface area (Å²) in [7, 11) is -0.673. The second-order valence-corrected chi connectivity index (χ2v) is 11.6. The van der Waals surface area contributed by atoms with Crippen LogP contribution in [-0.2, 0) is 9.73 Å². The van der Waals surface area contributed by atoms with E-state index in [0.29, 0.717) is 28.0 Å². The first kappa shape index (κ1) is 26.1.